The molecule has 0 aliphatic rings. The Bertz CT molecular complexity index is 83.0. The summed E-state index contributed by atoms with van der Waals surface area (Å²) in [5.74, 6) is 0. The fourth-order valence-corrected chi connectivity index (χ4v) is 0.174. The van der Waals surface area contributed by atoms with E-state index in [4.69, 9.17) is 5.11 Å². The molecular formula is C5H12N2O2. The van der Waals surface area contributed by atoms with Crippen LogP contribution in [0.25, 0.3) is 0 Å². The number of nitrogens with one attached hydrogen (secondary N) is 1. The van der Waals surface area contributed by atoms with Crippen LogP contribution < -0.4 is 11.1 Å². The lowest BCUT2D eigenvalue weighted by Crippen LogP contribution is -2.28. The largest absolute Gasteiger partial charge is 0.516 e. The van der Waals surface area contributed by atoms with Crippen molar-refractivity contribution >= 4 is 6.03 Å². The SMILES string of the molecule is C=CO.CCNC(N)=O. The monoisotopic (exact) mass is 132 g/mol. The maximum atomic E-state index is 9.71. The molecule has 0 saturated carbocycles. The average Bonchev–Trinajstić information content (AvgIpc) is 1.67. The Morgan fingerprint density at radius 3 is 2.33 bits per heavy atom. The van der Waals surface area contributed by atoms with E-state index in [1.807, 2.05) is 6.92 Å². The first-order chi connectivity index (χ1) is 4.18. The minimum Gasteiger partial charge on any atom is -0.516 e. The Morgan fingerprint density at radius 2 is 2.33 bits per heavy atom. The van der Waals surface area contributed by atoms with E-state index in [0.717, 1.165) is 6.26 Å². The summed E-state index contributed by atoms with van der Waals surface area (Å²) in [6.07, 6.45) is 0.750. The van der Waals surface area contributed by atoms with E-state index in [2.05, 4.69) is 17.6 Å². The lowest BCUT2D eigenvalue weighted by molar-refractivity contribution is 0.249. The molecule has 0 aromatic heterocycles. The number of aliphatic hydroxyl groups excluding tert-OH is 1. The molecule has 4 N–H and O–H groups in total. The quantitative estimate of drug-likeness (QED) is 0.450. The zero-order valence-electron chi connectivity index (χ0n) is 5.42. The van der Waals surface area contributed by atoms with Gasteiger partial charge in [0.15, 0.2) is 0 Å². The smallest absolute Gasteiger partial charge is 0.312 e. The zero-order chi connectivity index (χ0) is 7.70. The van der Waals surface area contributed by atoms with Crippen molar-refractivity contribution in [1.29, 1.82) is 0 Å². The predicted molar refractivity (Wildman–Crippen MR) is 36.1 cm³/mol. The van der Waals surface area contributed by atoms with Gasteiger partial charge in [0, 0.05) is 6.54 Å². The van der Waals surface area contributed by atoms with Crippen LogP contribution in [-0.2, 0) is 0 Å². The minimum atomic E-state index is -0.461. The van der Waals surface area contributed by atoms with E-state index >= 15 is 0 Å². The van der Waals surface area contributed by atoms with Crippen LogP contribution in [0.5, 0.6) is 0 Å². The van der Waals surface area contributed by atoms with E-state index in [0.29, 0.717) is 6.54 Å². The Kier molecular flexibility index (Phi) is 11.8. The highest BCUT2D eigenvalue weighted by atomic mass is 16.2. The highest BCUT2D eigenvalue weighted by molar-refractivity contribution is 5.71. The van der Waals surface area contributed by atoms with Crippen LogP contribution in [0.3, 0.4) is 0 Å². The third-order valence-electron chi connectivity index (χ3n) is 0.351. The lowest BCUT2D eigenvalue weighted by Gasteiger charge is -1.88. The van der Waals surface area contributed by atoms with Gasteiger partial charge in [-0.15, -0.1) is 0 Å². The van der Waals surface area contributed by atoms with Crippen molar-refractivity contribution in [2.24, 2.45) is 5.73 Å². The molecule has 0 radical (unpaired) electrons. The van der Waals surface area contributed by atoms with Gasteiger partial charge in [-0.2, -0.15) is 0 Å². The summed E-state index contributed by atoms with van der Waals surface area (Å²) in [5, 5.41) is 9.68. The summed E-state index contributed by atoms with van der Waals surface area (Å²) < 4.78 is 0. The fraction of sp³-hybridized carbons (Fsp3) is 0.400. The van der Waals surface area contributed by atoms with Gasteiger partial charge in [0.05, 0.1) is 6.26 Å². The normalized spacial score (nSPS) is 6.33. The summed E-state index contributed by atoms with van der Waals surface area (Å²) in [4.78, 5) is 9.71. The summed E-state index contributed by atoms with van der Waals surface area (Å²) in [6.45, 7) is 5.33. The van der Waals surface area contributed by atoms with Crippen molar-refractivity contribution in [3.05, 3.63) is 12.8 Å². The molecule has 2 amide bonds. The number of amides is 2. The summed E-state index contributed by atoms with van der Waals surface area (Å²) in [5.41, 5.74) is 4.65. The molecule has 0 bridgehead atoms. The number of aliphatic hydroxyl groups is 1. The maximum absolute atomic E-state index is 9.71. The van der Waals surface area contributed by atoms with Gasteiger partial charge in [0.2, 0.25) is 0 Å². The topological polar surface area (TPSA) is 75.3 Å². The molecule has 4 nitrogen and oxygen atoms in total. The molecule has 0 aliphatic heterocycles. The van der Waals surface area contributed by atoms with Gasteiger partial charge in [0.1, 0.15) is 0 Å². The molecule has 54 valence electrons. The van der Waals surface area contributed by atoms with Crippen LogP contribution >= 0.6 is 0 Å². The van der Waals surface area contributed by atoms with Gasteiger partial charge in [-0.05, 0) is 6.92 Å². The third-order valence-corrected chi connectivity index (χ3v) is 0.351. The molecule has 9 heavy (non-hydrogen) atoms. The van der Waals surface area contributed by atoms with E-state index in [1.54, 1.807) is 0 Å². The molecule has 0 aromatic rings. The van der Waals surface area contributed by atoms with E-state index in [9.17, 15) is 4.79 Å². The van der Waals surface area contributed by atoms with Crippen molar-refractivity contribution in [2.75, 3.05) is 6.54 Å². The van der Waals surface area contributed by atoms with E-state index in [-0.39, 0.29) is 0 Å². The van der Waals surface area contributed by atoms with Crippen molar-refractivity contribution in [3.8, 4) is 0 Å². The van der Waals surface area contributed by atoms with Gasteiger partial charge in [-0.25, -0.2) is 4.79 Å². The number of carbonyl (C=O) groups excluding carboxylic acids is 1. The van der Waals surface area contributed by atoms with Crippen molar-refractivity contribution in [3.63, 3.8) is 0 Å². The molecule has 0 saturated heterocycles. The first kappa shape index (κ1) is 10.7. The van der Waals surface area contributed by atoms with Crippen LogP contribution in [0.2, 0.25) is 0 Å². The number of primary amides is 1. The molecule has 0 heterocycles. The number of urea groups is 1. The number of rotatable bonds is 1. The molecule has 0 aliphatic carbocycles. The Balaban J connectivity index is 0. The predicted octanol–water partition coefficient (Wildman–Crippen LogP) is 0.363. The van der Waals surface area contributed by atoms with Crippen LogP contribution in [0.1, 0.15) is 6.92 Å². The van der Waals surface area contributed by atoms with Crippen LogP contribution in [0.4, 0.5) is 4.79 Å². The van der Waals surface area contributed by atoms with Gasteiger partial charge in [-0.3, -0.25) is 0 Å². The number of carbonyl (C=O) groups is 1. The first-order valence-electron chi connectivity index (χ1n) is 2.47. The molecule has 0 fully saturated rings. The second-order valence-electron chi connectivity index (χ2n) is 1.08. The van der Waals surface area contributed by atoms with Crippen LogP contribution in [-0.4, -0.2) is 17.7 Å². The molecule has 0 aromatic carbocycles. The molecule has 4 heteroatoms. The maximum Gasteiger partial charge on any atom is 0.312 e. The number of hydrogen-bond acceptors (Lipinski definition) is 2. The Morgan fingerprint density at radius 1 is 2.00 bits per heavy atom. The van der Waals surface area contributed by atoms with Gasteiger partial charge >= 0.3 is 6.03 Å². The summed E-state index contributed by atoms with van der Waals surface area (Å²) in [6, 6.07) is -0.461. The Labute approximate surface area is 54.4 Å². The van der Waals surface area contributed by atoms with Crippen LogP contribution in [0, 0.1) is 0 Å². The van der Waals surface area contributed by atoms with Gasteiger partial charge < -0.3 is 16.2 Å². The highest BCUT2D eigenvalue weighted by Crippen LogP contribution is 1.49. The van der Waals surface area contributed by atoms with Crippen molar-refractivity contribution < 1.29 is 9.90 Å². The zero-order valence-corrected chi connectivity index (χ0v) is 5.42. The van der Waals surface area contributed by atoms with E-state index in [1.165, 1.54) is 0 Å². The summed E-state index contributed by atoms with van der Waals surface area (Å²) >= 11 is 0. The fourth-order valence-electron chi connectivity index (χ4n) is 0.174. The molecule has 0 spiro atoms. The van der Waals surface area contributed by atoms with Crippen molar-refractivity contribution in [1.82, 2.24) is 5.32 Å². The molecule has 0 rings (SSSR count). The van der Waals surface area contributed by atoms with Gasteiger partial charge in [0.25, 0.3) is 0 Å². The van der Waals surface area contributed by atoms with Crippen LogP contribution in [0.15, 0.2) is 12.8 Å². The lowest BCUT2D eigenvalue weighted by atomic mass is 10.7. The minimum absolute atomic E-state index is 0.461. The van der Waals surface area contributed by atoms with Crippen molar-refractivity contribution in [2.45, 2.75) is 6.92 Å². The summed E-state index contributed by atoms with van der Waals surface area (Å²) in [7, 11) is 0. The first-order valence-corrected chi connectivity index (χ1v) is 2.47. The van der Waals surface area contributed by atoms with E-state index < -0.39 is 6.03 Å². The number of nitrogens with two attached hydrogens (primary N) is 1. The second kappa shape index (κ2) is 9.94. The second-order valence-corrected chi connectivity index (χ2v) is 1.08. The van der Waals surface area contributed by atoms with Gasteiger partial charge in [-0.1, -0.05) is 6.58 Å². The average molecular weight is 132 g/mol. The highest BCUT2D eigenvalue weighted by Gasteiger charge is 1.79. The Hall–Kier alpha value is -1.19. The molecular weight excluding hydrogens is 120 g/mol. The third kappa shape index (κ3) is 48.1. The number of hydrogen-bond donors (Lipinski definition) is 3. The molecule has 0 unspecified atom stereocenters. The standard InChI is InChI=1S/C3H8N2O.C2H4O/c1-2-5-3(4)6;1-2-3/h2H2,1H3,(H3,4,5,6);2-3H,1H2. The molecule has 0 atom stereocenters.